The fourth-order valence-corrected chi connectivity index (χ4v) is 2.08. The van der Waals surface area contributed by atoms with Gasteiger partial charge in [-0.2, -0.15) is 0 Å². The maximum Gasteiger partial charge on any atom is 0.178 e. The molecule has 0 aliphatic carbocycles. The molecule has 17 heavy (non-hydrogen) atoms. The Kier molecular flexibility index (Phi) is 3.49. The van der Waals surface area contributed by atoms with Crippen molar-refractivity contribution in [2.75, 3.05) is 27.7 Å². The van der Waals surface area contributed by atoms with Gasteiger partial charge in [0, 0.05) is 19.2 Å². The molecule has 1 aromatic carbocycles. The van der Waals surface area contributed by atoms with Crippen molar-refractivity contribution in [1.29, 1.82) is 0 Å². The van der Waals surface area contributed by atoms with Gasteiger partial charge in [-0.05, 0) is 38.4 Å². The van der Waals surface area contributed by atoms with Crippen molar-refractivity contribution in [3.8, 4) is 5.75 Å². The second kappa shape index (κ2) is 4.89. The SMILES string of the molecule is COc1ccc2[nH]c(=S)n(CCN(C)C)c2c1. The molecule has 0 saturated carbocycles. The van der Waals surface area contributed by atoms with Crippen LogP contribution in [0.5, 0.6) is 5.75 Å². The van der Waals surface area contributed by atoms with Gasteiger partial charge < -0.3 is 19.2 Å². The van der Waals surface area contributed by atoms with Crippen LogP contribution in [0.3, 0.4) is 0 Å². The fourth-order valence-electron chi connectivity index (χ4n) is 1.78. The lowest BCUT2D eigenvalue weighted by atomic mass is 10.3. The first-order valence-electron chi connectivity index (χ1n) is 5.53. The molecule has 0 radical (unpaired) electrons. The molecule has 1 N–H and O–H groups in total. The van der Waals surface area contributed by atoms with Crippen molar-refractivity contribution in [2.24, 2.45) is 0 Å². The summed E-state index contributed by atoms with van der Waals surface area (Å²) in [6, 6.07) is 5.94. The molecule has 0 unspecified atom stereocenters. The third-order valence-electron chi connectivity index (χ3n) is 2.75. The Bertz CT molecular complexity index is 571. The summed E-state index contributed by atoms with van der Waals surface area (Å²) in [4.78, 5) is 5.35. The lowest BCUT2D eigenvalue weighted by Crippen LogP contribution is -2.18. The standard InChI is InChI=1S/C12H17N3OS/c1-14(2)6-7-15-11-8-9(16-3)4-5-10(11)13-12(15)17/h4-5,8H,6-7H2,1-3H3,(H,13,17). The zero-order chi connectivity index (χ0) is 12.4. The van der Waals surface area contributed by atoms with Crippen LogP contribution in [0.4, 0.5) is 0 Å². The quantitative estimate of drug-likeness (QED) is 0.846. The summed E-state index contributed by atoms with van der Waals surface area (Å²) in [5, 5.41) is 0. The highest BCUT2D eigenvalue weighted by atomic mass is 32.1. The van der Waals surface area contributed by atoms with Crippen LogP contribution in [-0.4, -0.2) is 42.2 Å². The number of likely N-dealkylation sites (N-methyl/N-ethyl adjacent to an activating group) is 1. The predicted molar refractivity (Wildman–Crippen MR) is 72.2 cm³/mol. The maximum absolute atomic E-state index is 5.33. The molecule has 0 atom stereocenters. The average molecular weight is 251 g/mol. The van der Waals surface area contributed by atoms with E-state index in [4.69, 9.17) is 17.0 Å². The number of aromatic nitrogens is 2. The Hall–Kier alpha value is -1.33. The van der Waals surface area contributed by atoms with Gasteiger partial charge in [-0.25, -0.2) is 0 Å². The highest BCUT2D eigenvalue weighted by Crippen LogP contribution is 2.20. The number of nitrogens with zero attached hydrogens (tertiary/aromatic N) is 2. The third-order valence-corrected chi connectivity index (χ3v) is 3.08. The van der Waals surface area contributed by atoms with Crippen LogP contribution in [0.1, 0.15) is 0 Å². The number of rotatable bonds is 4. The molecule has 0 saturated heterocycles. The molecule has 0 aliphatic rings. The molecule has 4 nitrogen and oxygen atoms in total. The van der Waals surface area contributed by atoms with Crippen LogP contribution >= 0.6 is 12.2 Å². The lowest BCUT2D eigenvalue weighted by molar-refractivity contribution is 0.385. The second-order valence-corrected chi connectivity index (χ2v) is 4.65. The van der Waals surface area contributed by atoms with Crippen molar-refractivity contribution >= 4 is 23.3 Å². The van der Waals surface area contributed by atoms with E-state index in [1.165, 1.54) is 0 Å². The van der Waals surface area contributed by atoms with Crippen LogP contribution in [0.15, 0.2) is 18.2 Å². The average Bonchev–Trinajstić information content (AvgIpc) is 2.61. The van der Waals surface area contributed by atoms with E-state index in [2.05, 4.69) is 28.5 Å². The van der Waals surface area contributed by atoms with Crippen LogP contribution in [0.25, 0.3) is 11.0 Å². The minimum atomic E-state index is 0.759. The smallest absolute Gasteiger partial charge is 0.178 e. The van der Waals surface area contributed by atoms with E-state index in [1.807, 2.05) is 18.2 Å². The highest BCUT2D eigenvalue weighted by Gasteiger charge is 2.05. The molecule has 2 rings (SSSR count). The van der Waals surface area contributed by atoms with Crippen molar-refractivity contribution < 1.29 is 4.74 Å². The number of hydrogen-bond acceptors (Lipinski definition) is 3. The summed E-state index contributed by atoms with van der Waals surface area (Å²) in [6.07, 6.45) is 0. The van der Waals surface area contributed by atoms with E-state index >= 15 is 0 Å². The second-order valence-electron chi connectivity index (χ2n) is 4.27. The van der Waals surface area contributed by atoms with Gasteiger partial charge in [0.15, 0.2) is 4.77 Å². The predicted octanol–water partition coefficient (Wildman–Crippen LogP) is 2.27. The molecule has 0 spiro atoms. The molecule has 92 valence electrons. The molecule has 0 aliphatic heterocycles. The van der Waals surface area contributed by atoms with Crippen molar-refractivity contribution in [1.82, 2.24) is 14.5 Å². The van der Waals surface area contributed by atoms with Crippen molar-refractivity contribution in [3.05, 3.63) is 23.0 Å². The van der Waals surface area contributed by atoms with E-state index in [9.17, 15) is 0 Å². The molecule has 1 heterocycles. The number of fused-ring (bicyclic) bond motifs is 1. The van der Waals surface area contributed by atoms with E-state index in [-0.39, 0.29) is 0 Å². The topological polar surface area (TPSA) is 33.2 Å². The van der Waals surface area contributed by atoms with Crippen LogP contribution in [0.2, 0.25) is 0 Å². The van der Waals surface area contributed by atoms with Gasteiger partial charge in [0.25, 0.3) is 0 Å². The van der Waals surface area contributed by atoms with Gasteiger partial charge in [-0.15, -0.1) is 0 Å². The van der Waals surface area contributed by atoms with Crippen LogP contribution < -0.4 is 4.74 Å². The summed E-state index contributed by atoms with van der Waals surface area (Å²) in [5.41, 5.74) is 2.14. The zero-order valence-corrected chi connectivity index (χ0v) is 11.2. The molecule has 0 bridgehead atoms. The summed E-state index contributed by atoms with van der Waals surface area (Å²) in [5.74, 6) is 0.852. The highest BCUT2D eigenvalue weighted by molar-refractivity contribution is 7.71. The maximum atomic E-state index is 5.33. The molecule has 2 aromatic rings. The van der Waals surface area contributed by atoms with Crippen LogP contribution in [-0.2, 0) is 6.54 Å². The number of hydrogen-bond donors (Lipinski definition) is 1. The first-order valence-corrected chi connectivity index (χ1v) is 5.94. The van der Waals surface area contributed by atoms with Gasteiger partial charge in [-0.3, -0.25) is 0 Å². The monoisotopic (exact) mass is 251 g/mol. The molecule has 0 amide bonds. The van der Waals surface area contributed by atoms with Gasteiger partial charge >= 0.3 is 0 Å². The number of aromatic amines is 1. The molecule has 0 fully saturated rings. The number of H-pyrrole nitrogens is 1. The van der Waals surface area contributed by atoms with Crippen molar-refractivity contribution in [2.45, 2.75) is 6.54 Å². The van der Waals surface area contributed by atoms with Crippen LogP contribution in [0, 0.1) is 4.77 Å². The Morgan fingerprint density at radius 3 is 2.82 bits per heavy atom. The first-order chi connectivity index (χ1) is 8.11. The van der Waals surface area contributed by atoms with E-state index in [0.29, 0.717) is 0 Å². The molecule has 5 heteroatoms. The number of methoxy groups -OCH3 is 1. The molecular weight excluding hydrogens is 234 g/mol. The number of benzene rings is 1. The summed E-state index contributed by atoms with van der Waals surface area (Å²) in [7, 11) is 5.78. The molecular formula is C12H17N3OS. The zero-order valence-electron chi connectivity index (χ0n) is 10.4. The Morgan fingerprint density at radius 1 is 1.41 bits per heavy atom. The Labute approximate surface area is 106 Å². The minimum absolute atomic E-state index is 0.759. The van der Waals surface area contributed by atoms with E-state index < -0.39 is 0 Å². The lowest BCUT2D eigenvalue weighted by Gasteiger charge is -2.10. The number of ether oxygens (including phenoxy) is 1. The van der Waals surface area contributed by atoms with E-state index in [1.54, 1.807) is 7.11 Å². The largest absolute Gasteiger partial charge is 0.497 e. The van der Waals surface area contributed by atoms with E-state index in [0.717, 1.165) is 34.6 Å². The summed E-state index contributed by atoms with van der Waals surface area (Å²) < 4.78 is 8.10. The number of nitrogens with one attached hydrogen (secondary N) is 1. The summed E-state index contributed by atoms with van der Waals surface area (Å²) in [6.45, 7) is 1.83. The normalized spacial score (nSPS) is 11.3. The summed E-state index contributed by atoms with van der Waals surface area (Å²) >= 11 is 5.33. The minimum Gasteiger partial charge on any atom is -0.497 e. The van der Waals surface area contributed by atoms with Crippen molar-refractivity contribution in [3.63, 3.8) is 0 Å². The van der Waals surface area contributed by atoms with Gasteiger partial charge in [-0.1, -0.05) is 0 Å². The Morgan fingerprint density at radius 2 is 2.18 bits per heavy atom. The number of imidazole rings is 1. The molecule has 1 aromatic heterocycles. The van der Waals surface area contributed by atoms with Gasteiger partial charge in [0.1, 0.15) is 5.75 Å². The Balaban J connectivity index is 2.45. The van der Waals surface area contributed by atoms with Gasteiger partial charge in [0.05, 0.1) is 18.1 Å². The first kappa shape index (κ1) is 12.1. The fraction of sp³-hybridized carbons (Fsp3) is 0.417. The third kappa shape index (κ3) is 2.50. The van der Waals surface area contributed by atoms with Gasteiger partial charge in [0.2, 0.25) is 0 Å².